The van der Waals surface area contributed by atoms with Crippen molar-refractivity contribution in [3.63, 3.8) is 0 Å². The molecular formula is C14H22BiF3O4S. The molecule has 134 valence electrons. The van der Waals surface area contributed by atoms with Crippen molar-refractivity contribution in [1.82, 2.24) is 0 Å². The Hall–Kier alpha value is 0.253. The maximum absolute atomic E-state index is 11.9. The van der Waals surface area contributed by atoms with Crippen molar-refractivity contribution in [3.8, 4) is 0 Å². The summed E-state index contributed by atoms with van der Waals surface area (Å²) in [4.78, 5) is 10.8. The summed E-state index contributed by atoms with van der Waals surface area (Å²) >= 11 is 1.27. The van der Waals surface area contributed by atoms with Crippen LogP contribution in [-0.4, -0.2) is 51.0 Å². The molecule has 2 aliphatic carbocycles. The third-order valence-electron chi connectivity index (χ3n) is 3.99. The first kappa shape index (κ1) is 21.3. The van der Waals surface area contributed by atoms with Crippen LogP contribution in [0.2, 0.25) is 3.63 Å². The number of carbonyl (C=O) groups is 1. The van der Waals surface area contributed by atoms with E-state index in [1.165, 1.54) is 37.6 Å². The van der Waals surface area contributed by atoms with E-state index in [4.69, 9.17) is 0 Å². The Bertz CT molecular complexity index is 473. The Morgan fingerprint density at radius 2 is 1.61 bits per heavy atom. The van der Waals surface area contributed by atoms with Crippen molar-refractivity contribution in [3.05, 3.63) is 0 Å². The van der Waals surface area contributed by atoms with E-state index < -0.39 is 15.6 Å². The van der Waals surface area contributed by atoms with E-state index >= 15 is 0 Å². The molecule has 0 N–H and O–H groups in total. The van der Waals surface area contributed by atoms with E-state index in [0.717, 1.165) is 44.9 Å². The molecule has 1 atom stereocenters. The van der Waals surface area contributed by atoms with Crippen LogP contribution in [0.5, 0.6) is 0 Å². The number of halogens is 3. The minimum absolute atomic E-state index is 0.0594. The predicted molar refractivity (Wildman–Crippen MR) is 80.5 cm³/mol. The van der Waals surface area contributed by atoms with Crippen LogP contribution in [-0.2, 0) is 19.1 Å². The maximum atomic E-state index is 11.9. The molecular weight excluding hydrogens is 530 g/mol. The van der Waals surface area contributed by atoms with Gasteiger partial charge < -0.3 is 0 Å². The molecule has 0 saturated heterocycles. The fraction of sp³-hybridized carbons (Fsp3) is 0.929. The molecule has 0 aromatic carbocycles. The van der Waals surface area contributed by atoms with Crippen LogP contribution in [0.15, 0.2) is 0 Å². The van der Waals surface area contributed by atoms with Gasteiger partial charge in [-0.25, -0.2) is 0 Å². The van der Waals surface area contributed by atoms with Gasteiger partial charge in [0.15, 0.2) is 0 Å². The first-order chi connectivity index (χ1) is 10.6. The third-order valence-corrected chi connectivity index (χ3v) is 7.13. The number of alkyl halides is 3. The largest absolute Gasteiger partial charge is 0.523 e. The summed E-state index contributed by atoms with van der Waals surface area (Å²) in [6, 6.07) is 0. The van der Waals surface area contributed by atoms with Gasteiger partial charge in [-0.1, -0.05) is 19.3 Å². The monoisotopic (exact) mass is 552 g/mol. The SMILES string of the molecule is O=C1CCCC[CH]1[Bi].O=S(=O)(OCC1CCCCC1)C(F)(F)F. The molecule has 0 aromatic heterocycles. The Morgan fingerprint density at radius 1 is 1.04 bits per heavy atom. The average Bonchev–Trinajstić information content (AvgIpc) is 2.49. The van der Waals surface area contributed by atoms with Gasteiger partial charge in [-0.3, -0.25) is 4.18 Å². The first-order valence-corrected chi connectivity index (χ1v) is 11.2. The van der Waals surface area contributed by atoms with Crippen LogP contribution in [0.25, 0.3) is 0 Å². The van der Waals surface area contributed by atoms with Gasteiger partial charge in [0.2, 0.25) is 0 Å². The summed E-state index contributed by atoms with van der Waals surface area (Å²) in [6.45, 7) is -0.345. The van der Waals surface area contributed by atoms with Crippen molar-refractivity contribution in [1.29, 1.82) is 0 Å². The van der Waals surface area contributed by atoms with Crippen molar-refractivity contribution < 1.29 is 30.6 Å². The summed E-state index contributed by atoms with van der Waals surface area (Å²) in [6.07, 6.45) is 8.87. The Balaban J connectivity index is 0.000000277. The number of rotatable bonds is 3. The Morgan fingerprint density at radius 3 is 2.04 bits per heavy atom. The zero-order valence-electron chi connectivity index (χ0n) is 12.8. The first-order valence-electron chi connectivity index (χ1n) is 7.80. The van der Waals surface area contributed by atoms with E-state index in [9.17, 15) is 26.4 Å². The molecule has 2 saturated carbocycles. The van der Waals surface area contributed by atoms with Gasteiger partial charge in [-0.15, -0.1) is 0 Å². The topological polar surface area (TPSA) is 60.4 Å². The molecule has 2 aliphatic rings. The summed E-state index contributed by atoms with van der Waals surface area (Å²) in [7, 11) is -5.40. The van der Waals surface area contributed by atoms with E-state index in [2.05, 4.69) is 4.18 Å². The van der Waals surface area contributed by atoms with E-state index in [1.54, 1.807) is 0 Å². The summed E-state index contributed by atoms with van der Waals surface area (Å²) in [5.41, 5.74) is -5.30. The van der Waals surface area contributed by atoms with Crippen molar-refractivity contribution in [2.75, 3.05) is 6.61 Å². The molecule has 23 heavy (non-hydrogen) atoms. The Labute approximate surface area is 150 Å². The molecule has 0 bridgehead atoms. The van der Waals surface area contributed by atoms with Gasteiger partial charge in [0, 0.05) is 0 Å². The quantitative estimate of drug-likeness (QED) is 0.306. The second-order valence-electron chi connectivity index (χ2n) is 5.92. The number of ketones is 1. The van der Waals surface area contributed by atoms with Crippen molar-refractivity contribution >= 4 is 40.6 Å². The normalized spacial score (nSPS) is 24.0. The van der Waals surface area contributed by atoms with Crippen molar-refractivity contribution in [2.45, 2.75) is 66.9 Å². The van der Waals surface area contributed by atoms with Gasteiger partial charge in [-0.05, 0) is 18.8 Å². The van der Waals surface area contributed by atoms with Crippen LogP contribution in [0, 0.1) is 5.92 Å². The van der Waals surface area contributed by atoms with Crippen molar-refractivity contribution in [2.24, 2.45) is 5.92 Å². The minimum Gasteiger partial charge on any atom is -0.263 e. The summed E-state index contributed by atoms with van der Waals surface area (Å²) in [5, 5.41) is 0. The second kappa shape index (κ2) is 9.66. The van der Waals surface area contributed by atoms with Crippen LogP contribution in [0.3, 0.4) is 0 Å². The van der Waals surface area contributed by atoms with Gasteiger partial charge >= 0.3 is 80.2 Å². The Kier molecular flexibility index (Phi) is 8.95. The zero-order valence-corrected chi connectivity index (χ0v) is 17.1. The molecule has 9 heteroatoms. The molecule has 2 fully saturated rings. The molecule has 0 heterocycles. The smallest absolute Gasteiger partial charge is 0.263 e. The van der Waals surface area contributed by atoms with Gasteiger partial charge in [0.05, 0.1) is 6.61 Å². The predicted octanol–water partition coefficient (Wildman–Crippen LogP) is 3.52. The number of Topliss-reactive ketones (excluding diaryl/α,β-unsaturated/α-hetero) is 1. The van der Waals surface area contributed by atoms with Gasteiger partial charge in [-0.2, -0.15) is 21.6 Å². The van der Waals surface area contributed by atoms with Crippen LogP contribution in [0.4, 0.5) is 13.2 Å². The number of carbonyl (C=O) groups excluding carboxylic acids is 1. The minimum atomic E-state index is -5.40. The standard InChI is InChI=1S/C8H13F3O3S.C6H9O.Bi/c9-8(10,11)15(12,13)14-6-7-4-2-1-3-5-7;7-6-4-2-1-3-5-6;/h7H,1-6H2;4H,1-3,5H2;. The fourth-order valence-corrected chi connectivity index (χ4v) is 4.29. The van der Waals surface area contributed by atoms with Crippen LogP contribution >= 0.6 is 0 Å². The maximum Gasteiger partial charge on any atom is 0.523 e. The zero-order chi connectivity index (χ0) is 17.5. The fourth-order valence-electron chi connectivity index (χ4n) is 2.57. The average molecular weight is 552 g/mol. The molecule has 0 aliphatic heterocycles. The van der Waals surface area contributed by atoms with Gasteiger partial charge in [0.25, 0.3) is 0 Å². The molecule has 2 radical (unpaired) electrons. The van der Waals surface area contributed by atoms with E-state index in [-0.39, 0.29) is 12.5 Å². The van der Waals surface area contributed by atoms with E-state index in [1.807, 2.05) is 0 Å². The number of hydrogen-bond donors (Lipinski definition) is 0. The molecule has 2 rings (SSSR count). The van der Waals surface area contributed by atoms with Crippen LogP contribution in [0.1, 0.15) is 57.8 Å². The number of hydrogen-bond acceptors (Lipinski definition) is 4. The third kappa shape index (κ3) is 7.78. The molecule has 0 amide bonds. The molecule has 0 spiro atoms. The van der Waals surface area contributed by atoms with Crippen LogP contribution < -0.4 is 0 Å². The van der Waals surface area contributed by atoms with Gasteiger partial charge in [0.1, 0.15) is 0 Å². The molecule has 4 nitrogen and oxygen atoms in total. The summed E-state index contributed by atoms with van der Waals surface area (Å²) < 4.78 is 61.2. The second-order valence-corrected chi connectivity index (χ2v) is 9.95. The van der Waals surface area contributed by atoms with E-state index in [0.29, 0.717) is 9.41 Å². The molecule has 0 aromatic rings. The molecule has 1 unspecified atom stereocenters. The summed E-state index contributed by atoms with van der Waals surface area (Å²) in [5.74, 6) is 0.459.